The number of para-hydroxylation sites is 1. The van der Waals surface area contributed by atoms with Gasteiger partial charge in [-0.2, -0.15) is 0 Å². The van der Waals surface area contributed by atoms with E-state index < -0.39 is 5.97 Å². The van der Waals surface area contributed by atoms with Crippen LogP contribution in [0.3, 0.4) is 0 Å². The topological polar surface area (TPSA) is 66.8 Å². The van der Waals surface area contributed by atoms with Gasteiger partial charge >= 0.3 is 5.97 Å². The van der Waals surface area contributed by atoms with Gasteiger partial charge in [0.25, 0.3) is 0 Å². The van der Waals surface area contributed by atoms with Crippen LogP contribution in [0.1, 0.15) is 38.5 Å². The number of ether oxygens (including phenoxy) is 1. The lowest BCUT2D eigenvalue weighted by Crippen LogP contribution is -2.40. The molecule has 0 unspecified atom stereocenters. The molecule has 24 heavy (non-hydrogen) atoms. The predicted molar refractivity (Wildman–Crippen MR) is 92.4 cm³/mol. The maximum Gasteiger partial charge on any atom is 0.303 e. The molecule has 132 valence electrons. The molecule has 1 fully saturated rings. The first kappa shape index (κ1) is 18.6. The van der Waals surface area contributed by atoms with E-state index in [9.17, 15) is 9.59 Å². The Balaban J connectivity index is 1.68. The van der Waals surface area contributed by atoms with Crippen LogP contribution in [0.25, 0.3) is 0 Å². The minimum absolute atomic E-state index is 0.123. The Kier molecular flexibility index (Phi) is 7.37. The van der Waals surface area contributed by atoms with Gasteiger partial charge in [-0.15, -0.1) is 0 Å². The van der Waals surface area contributed by atoms with Crippen molar-refractivity contribution in [2.75, 3.05) is 19.7 Å². The Hall–Kier alpha value is -1.75. The van der Waals surface area contributed by atoms with Gasteiger partial charge in [-0.1, -0.05) is 23.7 Å². The molecule has 0 saturated carbocycles. The molecule has 0 aliphatic carbocycles. The minimum atomic E-state index is -0.768. The molecule has 0 spiro atoms. The zero-order valence-electron chi connectivity index (χ0n) is 13.7. The lowest BCUT2D eigenvalue weighted by atomic mass is 9.93. The summed E-state index contributed by atoms with van der Waals surface area (Å²) in [6.45, 7) is 1.90. The largest absolute Gasteiger partial charge is 0.492 e. The van der Waals surface area contributed by atoms with Crippen molar-refractivity contribution in [2.45, 2.75) is 38.5 Å². The first-order valence-electron chi connectivity index (χ1n) is 8.43. The highest BCUT2D eigenvalue weighted by molar-refractivity contribution is 6.32. The number of likely N-dealkylation sites (tertiary alicyclic amines) is 1. The minimum Gasteiger partial charge on any atom is -0.492 e. The van der Waals surface area contributed by atoms with E-state index >= 15 is 0 Å². The van der Waals surface area contributed by atoms with Crippen molar-refractivity contribution in [3.05, 3.63) is 29.3 Å². The molecule has 2 rings (SSSR count). The molecule has 1 heterocycles. The van der Waals surface area contributed by atoms with E-state index in [1.807, 2.05) is 23.1 Å². The van der Waals surface area contributed by atoms with Gasteiger partial charge in [0.1, 0.15) is 5.75 Å². The number of halogens is 1. The first-order valence-corrected chi connectivity index (χ1v) is 8.81. The molecule has 5 nitrogen and oxygen atoms in total. The molecule has 1 aliphatic heterocycles. The Bertz CT molecular complexity index is 564. The van der Waals surface area contributed by atoms with Gasteiger partial charge in [-0.25, -0.2) is 0 Å². The van der Waals surface area contributed by atoms with Gasteiger partial charge in [-0.05, 0) is 43.7 Å². The Morgan fingerprint density at radius 2 is 2.08 bits per heavy atom. The van der Waals surface area contributed by atoms with Gasteiger partial charge in [-0.3, -0.25) is 9.59 Å². The Labute approximate surface area is 147 Å². The molecule has 0 radical (unpaired) electrons. The van der Waals surface area contributed by atoms with Gasteiger partial charge in [0.05, 0.1) is 11.6 Å². The number of benzene rings is 1. The lowest BCUT2D eigenvalue weighted by Gasteiger charge is -2.32. The molecule has 0 bridgehead atoms. The molecule has 1 aromatic carbocycles. The van der Waals surface area contributed by atoms with Crippen molar-refractivity contribution in [1.82, 2.24) is 4.90 Å². The van der Waals surface area contributed by atoms with Crippen LogP contribution in [0.4, 0.5) is 0 Å². The van der Waals surface area contributed by atoms with Crippen molar-refractivity contribution in [3.8, 4) is 5.75 Å². The van der Waals surface area contributed by atoms with Crippen molar-refractivity contribution in [1.29, 1.82) is 0 Å². The number of rotatable bonds is 8. The zero-order chi connectivity index (χ0) is 17.4. The van der Waals surface area contributed by atoms with Gasteiger partial charge < -0.3 is 14.7 Å². The third-order valence-electron chi connectivity index (χ3n) is 4.27. The number of amides is 1. The smallest absolute Gasteiger partial charge is 0.303 e. The van der Waals surface area contributed by atoms with E-state index in [0.29, 0.717) is 49.1 Å². The van der Waals surface area contributed by atoms with Gasteiger partial charge in [0.15, 0.2) is 0 Å². The SMILES string of the molecule is O=C(O)CC[C@@H]1CCCN(C(=O)CCCOc2ccccc2Cl)C1. The highest BCUT2D eigenvalue weighted by Gasteiger charge is 2.23. The molecule has 0 aromatic heterocycles. The average molecular weight is 354 g/mol. The standard InChI is InChI=1S/C18H24ClNO4/c19-15-6-1-2-7-16(15)24-12-4-8-17(21)20-11-3-5-14(13-20)9-10-18(22)23/h1-2,6-7,14H,3-5,8-13H2,(H,22,23)/t14-/m0/s1. The number of piperidine rings is 1. The maximum atomic E-state index is 12.3. The molecule has 6 heteroatoms. The summed E-state index contributed by atoms with van der Waals surface area (Å²) in [5, 5.41) is 9.34. The van der Waals surface area contributed by atoms with E-state index in [2.05, 4.69) is 0 Å². The Morgan fingerprint density at radius 1 is 1.29 bits per heavy atom. The molecule has 1 amide bonds. The quantitative estimate of drug-likeness (QED) is 0.725. The predicted octanol–water partition coefficient (Wildman–Crippen LogP) is 3.60. The number of aliphatic carboxylic acids is 1. The summed E-state index contributed by atoms with van der Waals surface area (Å²) in [7, 11) is 0. The van der Waals surface area contributed by atoms with Crippen LogP contribution in [0.15, 0.2) is 24.3 Å². The number of hydrogen-bond donors (Lipinski definition) is 1. The highest BCUT2D eigenvalue weighted by atomic mass is 35.5. The number of nitrogens with zero attached hydrogens (tertiary/aromatic N) is 1. The molecule has 1 aromatic rings. The van der Waals surface area contributed by atoms with Crippen LogP contribution in [0.5, 0.6) is 5.75 Å². The van der Waals surface area contributed by atoms with E-state index in [0.717, 1.165) is 19.4 Å². The summed E-state index contributed by atoms with van der Waals surface area (Å²) in [5.41, 5.74) is 0. The monoisotopic (exact) mass is 353 g/mol. The summed E-state index contributed by atoms with van der Waals surface area (Å²) < 4.78 is 5.59. The summed E-state index contributed by atoms with van der Waals surface area (Å²) in [4.78, 5) is 24.8. The molecular formula is C18H24ClNO4. The van der Waals surface area contributed by atoms with Crippen LogP contribution in [-0.2, 0) is 9.59 Å². The van der Waals surface area contributed by atoms with Gasteiger partial charge in [0, 0.05) is 25.9 Å². The average Bonchev–Trinajstić information content (AvgIpc) is 2.58. The van der Waals surface area contributed by atoms with Gasteiger partial charge in [0.2, 0.25) is 5.91 Å². The van der Waals surface area contributed by atoms with Crippen LogP contribution in [-0.4, -0.2) is 41.6 Å². The van der Waals surface area contributed by atoms with Crippen LogP contribution < -0.4 is 4.74 Å². The number of hydrogen-bond acceptors (Lipinski definition) is 3. The maximum absolute atomic E-state index is 12.3. The third kappa shape index (κ3) is 6.04. The van der Waals surface area contributed by atoms with E-state index in [1.54, 1.807) is 6.07 Å². The molecule has 1 atom stereocenters. The van der Waals surface area contributed by atoms with E-state index in [-0.39, 0.29) is 12.3 Å². The highest BCUT2D eigenvalue weighted by Crippen LogP contribution is 2.24. The molecule has 1 N–H and O–H groups in total. The fourth-order valence-corrected chi connectivity index (χ4v) is 3.17. The molecular weight excluding hydrogens is 330 g/mol. The van der Waals surface area contributed by atoms with Crippen LogP contribution in [0.2, 0.25) is 5.02 Å². The lowest BCUT2D eigenvalue weighted by molar-refractivity contribution is -0.137. The Morgan fingerprint density at radius 3 is 2.83 bits per heavy atom. The fourth-order valence-electron chi connectivity index (χ4n) is 2.98. The normalized spacial score (nSPS) is 17.5. The number of carboxylic acids is 1. The summed E-state index contributed by atoms with van der Waals surface area (Å²) >= 11 is 6.01. The summed E-state index contributed by atoms with van der Waals surface area (Å²) in [6.07, 6.45) is 3.86. The van der Waals surface area contributed by atoms with E-state index in [4.69, 9.17) is 21.4 Å². The second kappa shape index (κ2) is 9.52. The second-order valence-corrected chi connectivity index (χ2v) is 6.57. The second-order valence-electron chi connectivity index (χ2n) is 6.16. The molecule has 1 saturated heterocycles. The molecule has 1 aliphatic rings. The number of carbonyl (C=O) groups is 2. The van der Waals surface area contributed by atoms with Crippen molar-refractivity contribution >= 4 is 23.5 Å². The number of carboxylic acid groups (broad SMARTS) is 1. The zero-order valence-corrected chi connectivity index (χ0v) is 14.5. The fraction of sp³-hybridized carbons (Fsp3) is 0.556. The van der Waals surface area contributed by atoms with Crippen molar-refractivity contribution in [3.63, 3.8) is 0 Å². The van der Waals surface area contributed by atoms with E-state index in [1.165, 1.54) is 0 Å². The summed E-state index contributed by atoms with van der Waals surface area (Å²) in [5.74, 6) is 0.296. The third-order valence-corrected chi connectivity index (χ3v) is 4.58. The van der Waals surface area contributed by atoms with Crippen molar-refractivity contribution < 1.29 is 19.4 Å². The first-order chi connectivity index (χ1) is 11.6. The van der Waals surface area contributed by atoms with Crippen LogP contribution >= 0.6 is 11.6 Å². The van der Waals surface area contributed by atoms with Crippen molar-refractivity contribution in [2.24, 2.45) is 5.92 Å². The summed E-state index contributed by atoms with van der Waals surface area (Å²) in [6, 6.07) is 7.28. The van der Waals surface area contributed by atoms with Crippen LogP contribution in [0, 0.1) is 5.92 Å². The number of carbonyl (C=O) groups excluding carboxylic acids is 1.